The zero-order valence-electron chi connectivity index (χ0n) is 11.4. The number of aromatic nitrogens is 1. The van der Waals surface area contributed by atoms with Gasteiger partial charge in [0.25, 0.3) is 0 Å². The summed E-state index contributed by atoms with van der Waals surface area (Å²) in [6.45, 7) is 2.03. The van der Waals surface area contributed by atoms with E-state index in [4.69, 9.17) is 10.5 Å². The molecule has 2 rings (SSSR count). The number of nitrogens with two attached hydrogens (primary N) is 1. The second-order valence-corrected chi connectivity index (χ2v) is 6.29. The number of thiazole rings is 1. The summed E-state index contributed by atoms with van der Waals surface area (Å²) in [7, 11) is 1.80. The molecule has 1 fully saturated rings. The summed E-state index contributed by atoms with van der Waals surface area (Å²) in [5.41, 5.74) is 7.43. The highest BCUT2D eigenvalue weighted by atomic mass is 32.1. The number of nitrogens with zero attached hydrogens (tertiary/aromatic N) is 1. The van der Waals surface area contributed by atoms with Crippen molar-refractivity contribution in [3.63, 3.8) is 0 Å². The van der Waals surface area contributed by atoms with Crippen molar-refractivity contribution in [3.8, 4) is 0 Å². The van der Waals surface area contributed by atoms with Gasteiger partial charge in [-0.05, 0) is 25.7 Å². The van der Waals surface area contributed by atoms with Crippen LogP contribution in [-0.2, 0) is 11.2 Å². The van der Waals surface area contributed by atoms with Crippen molar-refractivity contribution < 1.29 is 4.74 Å². The van der Waals surface area contributed by atoms with Gasteiger partial charge in [0.15, 0.2) is 0 Å². The van der Waals surface area contributed by atoms with Gasteiger partial charge in [-0.15, -0.1) is 11.3 Å². The first kappa shape index (κ1) is 14.0. The van der Waals surface area contributed by atoms with Gasteiger partial charge in [0, 0.05) is 30.6 Å². The van der Waals surface area contributed by atoms with Crippen LogP contribution < -0.4 is 5.73 Å². The van der Waals surface area contributed by atoms with Gasteiger partial charge in [-0.3, -0.25) is 0 Å². The monoisotopic (exact) mass is 268 g/mol. The Morgan fingerprint density at radius 2 is 2.17 bits per heavy atom. The minimum absolute atomic E-state index is 0.0728. The van der Waals surface area contributed by atoms with E-state index < -0.39 is 0 Å². The molecule has 0 saturated heterocycles. The first-order valence-corrected chi connectivity index (χ1v) is 7.78. The lowest BCUT2D eigenvalue weighted by Crippen LogP contribution is -2.43. The van der Waals surface area contributed by atoms with E-state index in [1.54, 1.807) is 18.4 Å². The van der Waals surface area contributed by atoms with Gasteiger partial charge in [0.05, 0.1) is 11.1 Å². The first-order valence-electron chi connectivity index (χ1n) is 6.90. The average molecular weight is 268 g/mol. The van der Waals surface area contributed by atoms with Crippen molar-refractivity contribution in [2.45, 2.75) is 57.6 Å². The third-order valence-corrected chi connectivity index (χ3v) is 4.87. The third kappa shape index (κ3) is 3.53. The Bertz CT molecular complexity index is 360. The Balaban J connectivity index is 1.93. The van der Waals surface area contributed by atoms with E-state index in [0.29, 0.717) is 5.92 Å². The molecule has 18 heavy (non-hydrogen) atoms. The average Bonchev–Trinajstić information content (AvgIpc) is 2.77. The Kier molecular flexibility index (Phi) is 5.15. The summed E-state index contributed by atoms with van der Waals surface area (Å²) in [4.78, 5) is 4.50. The molecule has 0 bridgehead atoms. The van der Waals surface area contributed by atoms with E-state index in [2.05, 4.69) is 10.4 Å². The standard InChI is InChI=1S/C14H24N2OS/c1-10-9-18-13(16-10)8-12(15)14(17-2)11-6-4-3-5-7-11/h9,11-12,14H,3-8,15H2,1-2H3. The summed E-state index contributed by atoms with van der Waals surface area (Å²) in [5, 5.41) is 3.22. The van der Waals surface area contributed by atoms with Gasteiger partial charge < -0.3 is 10.5 Å². The van der Waals surface area contributed by atoms with Crippen molar-refractivity contribution in [3.05, 3.63) is 16.1 Å². The van der Waals surface area contributed by atoms with Crippen LogP contribution in [0.3, 0.4) is 0 Å². The summed E-state index contributed by atoms with van der Waals surface area (Å²) in [6.07, 6.45) is 7.59. The molecule has 1 heterocycles. The SMILES string of the molecule is COC(C(N)Cc1nc(C)cs1)C1CCCCC1. The molecular weight excluding hydrogens is 244 g/mol. The Morgan fingerprint density at radius 1 is 1.44 bits per heavy atom. The highest BCUT2D eigenvalue weighted by molar-refractivity contribution is 7.09. The molecule has 1 aromatic rings. The van der Waals surface area contributed by atoms with Crippen LogP contribution in [0.2, 0.25) is 0 Å². The molecule has 2 atom stereocenters. The summed E-state index contributed by atoms with van der Waals surface area (Å²) < 4.78 is 5.68. The normalized spacial score (nSPS) is 20.8. The summed E-state index contributed by atoms with van der Waals surface area (Å²) in [5.74, 6) is 0.639. The molecule has 1 saturated carbocycles. The van der Waals surface area contributed by atoms with Crippen LogP contribution >= 0.6 is 11.3 Å². The predicted molar refractivity (Wildman–Crippen MR) is 75.9 cm³/mol. The van der Waals surface area contributed by atoms with E-state index in [0.717, 1.165) is 17.1 Å². The maximum atomic E-state index is 6.34. The molecule has 0 spiro atoms. The molecule has 0 aromatic carbocycles. The molecule has 1 aliphatic rings. The Labute approximate surface area is 114 Å². The molecule has 4 heteroatoms. The summed E-state index contributed by atoms with van der Waals surface area (Å²) >= 11 is 1.71. The van der Waals surface area contributed by atoms with E-state index in [1.807, 2.05) is 6.92 Å². The molecule has 0 radical (unpaired) electrons. The molecule has 0 aliphatic heterocycles. The molecule has 102 valence electrons. The molecule has 0 amide bonds. The second-order valence-electron chi connectivity index (χ2n) is 5.35. The molecule has 2 unspecified atom stereocenters. The van der Waals surface area contributed by atoms with E-state index in [9.17, 15) is 0 Å². The van der Waals surface area contributed by atoms with Gasteiger partial charge in [-0.2, -0.15) is 0 Å². The van der Waals surface area contributed by atoms with Crippen LogP contribution in [0.25, 0.3) is 0 Å². The quantitative estimate of drug-likeness (QED) is 0.893. The topological polar surface area (TPSA) is 48.1 Å². The fourth-order valence-corrected chi connectivity index (χ4v) is 3.84. The zero-order valence-corrected chi connectivity index (χ0v) is 12.2. The van der Waals surface area contributed by atoms with Crippen molar-refractivity contribution in [1.82, 2.24) is 4.98 Å². The van der Waals surface area contributed by atoms with Crippen LogP contribution in [-0.4, -0.2) is 24.2 Å². The minimum Gasteiger partial charge on any atom is -0.380 e. The van der Waals surface area contributed by atoms with Crippen LogP contribution in [0, 0.1) is 12.8 Å². The number of hydrogen-bond acceptors (Lipinski definition) is 4. The Hall–Kier alpha value is -0.450. The molecule has 3 nitrogen and oxygen atoms in total. The van der Waals surface area contributed by atoms with Gasteiger partial charge >= 0.3 is 0 Å². The van der Waals surface area contributed by atoms with Crippen LogP contribution in [0.4, 0.5) is 0 Å². The number of methoxy groups -OCH3 is 1. The number of hydrogen-bond donors (Lipinski definition) is 1. The Morgan fingerprint density at radius 3 is 2.72 bits per heavy atom. The van der Waals surface area contributed by atoms with Crippen molar-refractivity contribution in [2.75, 3.05) is 7.11 Å². The largest absolute Gasteiger partial charge is 0.380 e. The lowest BCUT2D eigenvalue weighted by molar-refractivity contribution is 0.0179. The van der Waals surface area contributed by atoms with Gasteiger partial charge in [-0.1, -0.05) is 19.3 Å². The number of aryl methyl sites for hydroxylation is 1. The van der Waals surface area contributed by atoms with E-state index in [1.165, 1.54) is 32.1 Å². The van der Waals surface area contributed by atoms with Crippen molar-refractivity contribution >= 4 is 11.3 Å². The highest BCUT2D eigenvalue weighted by Crippen LogP contribution is 2.29. The van der Waals surface area contributed by atoms with Gasteiger partial charge in [-0.25, -0.2) is 4.98 Å². The third-order valence-electron chi connectivity index (χ3n) is 3.89. The minimum atomic E-state index is 0.0728. The van der Waals surface area contributed by atoms with Gasteiger partial charge in [0.1, 0.15) is 0 Å². The first-order chi connectivity index (χ1) is 8.70. The second kappa shape index (κ2) is 6.64. The molecule has 1 aliphatic carbocycles. The predicted octanol–water partition coefficient (Wildman–Crippen LogP) is 2.92. The van der Waals surface area contributed by atoms with Gasteiger partial charge in [0.2, 0.25) is 0 Å². The smallest absolute Gasteiger partial charge is 0.0944 e. The maximum Gasteiger partial charge on any atom is 0.0944 e. The van der Waals surface area contributed by atoms with Crippen LogP contribution in [0.15, 0.2) is 5.38 Å². The lowest BCUT2D eigenvalue weighted by atomic mass is 9.82. The molecule has 1 aromatic heterocycles. The zero-order chi connectivity index (χ0) is 13.0. The fraction of sp³-hybridized carbons (Fsp3) is 0.786. The molecular formula is C14H24N2OS. The van der Waals surface area contributed by atoms with Crippen molar-refractivity contribution in [1.29, 1.82) is 0 Å². The lowest BCUT2D eigenvalue weighted by Gasteiger charge is -2.32. The maximum absolute atomic E-state index is 6.34. The van der Waals surface area contributed by atoms with Crippen LogP contribution in [0.1, 0.15) is 42.8 Å². The number of rotatable bonds is 5. The van der Waals surface area contributed by atoms with E-state index >= 15 is 0 Å². The fourth-order valence-electron chi connectivity index (χ4n) is 2.99. The van der Waals surface area contributed by atoms with Crippen molar-refractivity contribution in [2.24, 2.45) is 11.7 Å². The molecule has 2 N–H and O–H groups in total. The van der Waals surface area contributed by atoms with E-state index in [-0.39, 0.29) is 12.1 Å². The van der Waals surface area contributed by atoms with Crippen LogP contribution in [0.5, 0.6) is 0 Å². The summed E-state index contributed by atoms with van der Waals surface area (Å²) in [6, 6.07) is 0.0728. The highest BCUT2D eigenvalue weighted by Gasteiger charge is 2.29. The number of ether oxygens (including phenoxy) is 1.